The minimum absolute atomic E-state index is 0.136. The first-order chi connectivity index (χ1) is 8.69. The molecular formula is C14H22N2O2. The molecule has 0 aliphatic carbocycles. The second-order valence-electron chi connectivity index (χ2n) is 5.12. The highest BCUT2D eigenvalue weighted by atomic mass is 16.5. The predicted octanol–water partition coefficient (Wildman–Crippen LogP) is 1.07. The molecule has 3 N–H and O–H groups in total. The fourth-order valence-electron chi connectivity index (χ4n) is 2.19. The molecule has 1 aliphatic rings. The first-order valence-corrected chi connectivity index (χ1v) is 6.31. The third kappa shape index (κ3) is 2.83. The fourth-order valence-corrected chi connectivity index (χ4v) is 2.19. The Labute approximate surface area is 108 Å². The van der Waals surface area contributed by atoms with Crippen molar-refractivity contribution in [2.75, 3.05) is 33.4 Å². The quantitative estimate of drug-likeness (QED) is 0.793. The maximum Gasteiger partial charge on any atom is 0.123 e. The molecule has 0 aromatic heterocycles. The van der Waals surface area contributed by atoms with E-state index in [0.29, 0.717) is 6.54 Å². The number of rotatable bonds is 6. The van der Waals surface area contributed by atoms with Gasteiger partial charge in [0.25, 0.3) is 0 Å². The molecule has 4 nitrogen and oxygen atoms in total. The lowest BCUT2D eigenvalue weighted by Crippen LogP contribution is -2.54. The van der Waals surface area contributed by atoms with Gasteiger partial charge in [-0.3, -0.25) is 0 Å². The van der Waals surface area contributed by atoms with Gasteiger partial charge in [0.05, 0.1) is 20.3 Å². The van der Waals surface area contributed by atoms with Gasteiger partial charge in [-0.05, 0) is 13.0 Å². The molecule has 4 heteroatoms. The molecule has 100 valence electrons. The number of hydrogen-bond acceptors (Lipinski definition) is 4. The third-order valence-electron chi connectivity index (χ3n) is 3.50. The largest absolute Gasteiger partial charge is 0.496 e. The van der Waals surface area contributed by atoms with Crippen molar-refractivity contribution in [2.45, 2.75) is 13.5 Å². The monoisotopic (exact) mass is 250 g/mol. The van der Waals surface area contributed by atoms with Gasteiger partial charge in [-0.2, -0.15) is 0 Å². The number of ether oxygens (including phenoxy) is 2. The van der Waals surface area contributed by atoms with Crippen LogP contribution >= 0.6 is 0 Å². The van der Waals surface area contributed by atoms with Gasteiger partial charge in [-0.15, -0.1) is 0 Å². The number of nitrogens with two attached hydrogens (primary N) is 1. The lowest BCUT2D eigenvalue weighted by atomic mass is 9.86. The minimum Gasteiger partial charge on any atom is -0.496 e. The van der Waals surface area contributed by atoms with E-state index in [9.17, 15) is 0 Å². The summed E-state index contributed by atoms with van der Waals surface area (Å²) in [4.78, 5) is 0. The van der Waals surface area contributed by atoms with Crippen molar-refractivity contribution < 1.29 is 9.47 Å². The van der Waals surface area contributed by atoms with Gasteiger partial charge >= 0.3 is 0 Å². The number of hydrogen-bond donors (Lipinski definition) is 2. The zero-order valence-corrected chi connectivity index (χ0v) is 11.2. The second kappa shape index (κ2) is 5.69. The Balaban J connectivity index is 1.91. The summed E-state index contributed by atoms with van der Waals surface area (Å²) in [6.45, 7) is 5.98. The molecule has 1 aliphatic heterocycles. The molecule has 1 aromatic rings. The lowest BCUT2D eigenvalue weighted by molar-refractivity contribution is -0.105. The zero-order valence-electron chi connectivity index (χ0n) is 11.2. The molecule has 0 spiro atoms. The molecule has 0 bridgehead atoms. The van der Waals surface area contributed by atoms with Crippen molar-refractivity contribution >= 4 is 0 Å². The summed E-state index contributed by atoms with van der Waals surface area (Å²) in [6, 6.07) is 6.22. The minimum atomic E-state index is 0.136. The number of nitrogens with one attached hydrogen (secondary N) is 1. The van der Waals surface area contributed by atoms with E-state index < -0.39 is 0 Å². The lowest BCUT2D eigenvalue weighted by Gasteiger charge is -2.40. The number of benzene rings is 1. The Morgan fingerprint density at radius 1 is 1.44 bits per heavy atom. The van der Waals surface area contributed by atoms with E-state index in [1.165, 1.54) is 11.1 Å². The summed E-state index contributed by atoms with van der Waals surface area (Å²) in [5.74, 6) is 0.930. The Hall–Kier alpha value is -1.10. The molecule has 1 fully saturated rings. The van der Waals surface area contributed by atoms with E-state index >= 15 is 0 Å². The average Bonchev–Trinajstić information content (AvgIpc) is 2.33. The van der Waals surface area contributed by atoms with E-state index in [1.807, 2.05) is 6.07 Å². The predicted molar refractivity (Wildman–Crippen MR) is 71.7 cm³/mol. The zero-order chi connectivity index (χ0) is 13.0. The van der Waals surface area contributed by atoms with E-state index in [4.69, 9.17) is 15.2 Å². The topological polar surface area (TPSA) is 56.5 Å². The molecule has 18 heavy (non-hydrogen) atoms. The molecule has 0 saturated carbocycles. The highest BCUT2D eigenvalue weighted by Gasteiger charge is 2.36. The van der Waals surface area contributed by atoms with E-state index in [2.05, 4.69) is 24.4 Å². The van der Waals surface area contributed by atoms with Crippen LogP contribution in [-0.2, 0) is 11.3 Å². The van der Waals surface area contributed by atoms with Crippen molar-refractivity contribution in [1.29, 1.82) is 0 Å². The van der Waals surface area contributed by atoms with Gasteiger partial charge in [0, 0.05) is 30.6 Å². The Morgan fingerprint density at radius 3 is 2.78 bits per heavy atom. The third-order valence-corrected chi connectivity index (χ3v) is 3.50. The summed E-state index contributed by atoms with van der Waals surface area (Å²) in [5, 5.41) is 3.46. The van der Waals surface area contributed by atoms with Crippen LogP contribution in [0.5, 0.6) is 5.75 Å². The Bertz CT molecular complexity index is 397. The SMILES string of the molecule is COc1ccc(C)cc1CNCC1(CN)COC1. The van der Waals surface area contributed by atoms with E-state index in [-0.39, 0.29) is 5.41 Å². The van der Waals surface area contributed by atoms with E-state index in [0.717, 1.165) is 32.1 Å². The first-order valence-electron chi connectivity index (χ1n) is 6.31. The Kier molecular flexibility index (Phi) is 4.22. The average molecular weight is 250 g/mol. The molecule has 0 unspecified atom stereocenters. The van der Waals surface area contributed by atoms with E-state index in [1.54, 1.807) is 7.11 Å². The summed E-state index contributed by atoms with van der Waals surface area (Å²) in [6.07, 6.45) is 0. The maximum atomic E-state index is 5.78. The molecule has 0 radical (unpaired) electrons. The molecule has 1 saturated heterocycles. The standard InChI is InChI=1S/C14H22N2O2/c1-11-3-4-13(17-2)12(5-11)6-16-8-14(7-15)9-18-10-14/h3-5,16H,6-10,15H2,1-2H3. The van der Waals surface area contributed by atoms with Gasteiger partial charge in [-0.25, -0.2) is 0 Å². The fraction of sp³-hybridized carbons (Fsp3) is 0.571. The second-order valence-corrected chi connectivity index (χ2v) is 5.12. The summed E-state index contributed by atoms with van der Waals surface area (Å²) in [7, 11) is 1.70. The highest BCUT2D eigenvalue weighted by molar-refractivity contribution is 5.36. The van der Waals surface area contributed by atoms with Crippen molar-refractivity contribution in [3.05, 3.63) is 29.3 Å². The molecular weight excluding hydrogens is 228 g/mol. The summed E-state index contributed by atoms with van der Waals surface area (Å²) >= 11 is 0. The van der Waals surface area contributed by atoms with Crippen molar-refractivity contribution in [3.8, 4) is 5.75 Å². The summed E-state index contributed by atoms with van der Waals surface area (Å²) < 4.78 is 10.6. The van der Waals surface area contributed by atoms with Crippen molar-refractivity contribution in [1.82, 2.24) is 5.32 Å². The Morgan fingerprint density at radius 2 is 2.22 bits per heavy atom. The summed E-state index contributed by atoms with van der Waals surface area (Å²) in [5.41, 5.74) is 8.35. The van der Waals surface area contributed by atoms with Crippen LogP contribution in [0.4, 0.5) is 0 Å². The molecule has 1 aromatic carbocycles. The molecule has 0 atom stereocenters. The van der Waals surface area contributed by atoms with Gasteiger partial charge < -0.3 is 20.5 Å². The van der Waals surface area contributed by atoms with Crippen LogP contribution < -0.4 is 15.8 Å². The van der Waals surface area contributed by atoms with Crippen LogP contribution in [-0.4, -0.2) is 33.4 Å². The molecule has 1 heterocycles. The van der Waals surface area contributed by atoms with Crippen LogP contribution in [0.15, 0.2) is 18.2 Å². The van der Waals surface area contributed by atoms with Gasteiger partial charge in [0.2, 0.25) is 0 Å². The van der Waals surface area contributed by atoms with Crippen LogP contribution in [0.3, 0.4) is 0 Å². The van der Waals surface area contributed by atoms with Crippen molar-refractivity contribution in [3.63, 3.8) is 0 Å². The van der Waals surface area contributed by atoms with Crippen LogP contribution in [0, 0.1) is 12.3 Å². The van der Waals surface area contributed by atoms with Crippen LogP contribution in [0.25, 0.3) is 0 Å². The van der Waals surface area contributed by atoms with Crippen LogP contribution in [0.2, 0.25) is 0 Å². The maximum absolute atomic E-state index is 5.78. The van der Waals surface area contributed by atoms with Gasteiger partial charge in [0.15, 0.2) is 0 Å². The smallest absolute Gasteiger partial charge is 0.123 e. The van der Waals surface area contributed by atoms with Crippen LogP contribution in [0.1, 0.15) is 11.1 Å². The highest BCUT2D eigenvalue weighted by Crippen LogP contribution is 2.25. The van der Waals surface area contributed by atoms with Gasteiger partial charge in [-0.1, -0.05) is 17.7 Å². The normalized spacial score (nSPS) is 17.3. The number of methoxy groups -OCH3 is 1. The first kappa shape index (κ1) is 13.3. The van der Waals surface area contributed by atoms with Gasteiger partial charge in [0.1, 0.15) is 5.75 Å². The number of aryl methyl sites for hydroxylation is 1. The molecule has 0 amide bonds. The van der Waals surface area contributed by atoms with Crippen molar-refractivity contribution in [2.24, 2.45) is 11.1 Å². The molecule has 2 rings (SSSR count).